The van der Waals surface area contributed by atoms with Gasteiger partial charge in [0.2, 0.25) is 0 Å². The summed E-state index contributed by atoms with van der Waals surface area (Å²) in [4.78, 5) is 14.0. The first kappa shape index (κ1) is 16.1. The molecule has 24 heavy (non-hydrogen) atoms. The van der Waals surface area contributed by atoms with Crippen LogP contribution in [0.25, 0.3) is 0 Å². The van der Waals surface area contributed by atoms with Crippen LogP contribution in [0.2, 0.25) is 0 Å². The van der Waals surface area contributed by atoms with E-state index in [1.807, 2.05) is 47.5 Å². The number of esters is 1. The highest BCUT2D eigenvalue weighted by Crippen LogP contribution is 2.30. The minimum atomic E-state index is -1.04. The summed E-state index contributed by atoms with van der Waals surface area (Å²) in [6.07, 6.45) is 5.81. The maximum atomic E-state index is 12.1. The van der Waals surface area contributed by atoms with Crippen molar-refractivity contribution >= 4 is 5.97 Å². The van der Waals surface area contributed by atoms with E-state index in [1.165, 1.54) is 7.11 Å². The molecule has 1 aliphatic heterocycles. The van der Waals surface area contributed by atoms with Crippen LogP contribution in [0.1, 0.15) is 17.2 Å². The molecular weight excluding hydrogens is 306 g/mol. The van der Waals surface area contributed by atoms with Gasteiger partial charge in [0.15, 0.2) is 0 Å². The van der Waals surface area contributed by atoms with Gasteiger partial charge in [0.25, 0.3) is 0 Å². The molecule has 5 heteroatoms. The molecule has 0 aliphatic carbocycles. The number of carbonyl (C=O) groups is 1. The van der Waals surface area contributed by atoms with Crippen molar-refractivity contribution in [1.82, 2.24) is 4.90 Å². The largest absolute Gasteiger partial charge is 0.469 e. The number of carbonyl (C=O) groups excluding carboxylic acids is 1. The third kappa shape index (κ3) is 3.41. The highest BCUT2D eigenvalue weighted by Gasteiger charge is 2.31. The average Bonchev–Trinajstić information content (AvgIpc) is 3.08. The van der Waals surface area contributed by atoms with E-state index in [-0.39, 0.29) is 5.57 Å². The highest BCUT2D eigenvalue weighted by atomic mass is 16.5. The SMILES string of the molecule is COC(=O)C1=CN(Cc2ccccc2)C=C[C@H](c2ccco2)[C@@H]1O. The quantitative estimate of drug-likeness (QED) is 0.876. The molecule has 0 amide bonds. The van der Waals surface area contributed by atoms with E-state index in [2.05, 4.69) is 0 Å². The van der Waals surface area contributed by atoms with Crippen molar-refractivity contribution in [3.63, 3.8) is 0 Å². The zero-order valence-corrected chi connectivity index (χ0v) is 13.3. The van der Waals surface area contributed by atoms with Crippen LogP contribution in [-0.4, -0.2) is 29.2 Å². The van der Waals surface area contributed by atoms with Crippen LogP contribution in [0, 0.1) is 0 Å². The second-order valence-electron chi connectivity index (χ2n) is 5.56. The number of aliphatic hydroxyl groups is 1. The van der Waals surface area contributed by atoms with Crippen LogP contribution < -0.4 is 0 Å². The van der Waals surface area contributed by atoms with Crippen molar-refractivity contribution in [3.8, 4) is 0 Å². The summed E-state index contributed by atoms with van der Waals surface area (Å²) in [5, 5.41) is 10.7. The van der Waals surface area contributed by atoms with Gasteiger partial charge in [-0.25, -0.2) is 4.79 Å². The minimum absolute atomic E-state index is 0.194. The van der Waals surface area contributed by atoms with Gasteiger partial charge in [0, 0.05) is 18.9 Å². The highest BCUT2D eigenvalue weighted by molar-refractivity contribution is 5.89. The summed E-state index contributed by atoms with van der Waals surface area (Å²) in [6, 6.07) is 13.4. The van der Waals surface area contributed by atoms with Gasteiger partial charge in [-0.2, -0.15) is 0 Å². The molecule has 2 atom stereocenters. The Bertz CT molecular complexity index is 734. The number of hydrogen-bond acceptors (Lipinski definition) is 5. The van der Waals surface area contributed by atoms with Gasteiger partial charge in [0.1, 0.15) is 11.9 Å². The number of hydrogen-bond donors (Lipinski definition) is 1. The zero-order valence-electron chi connectivity index (χ0n) is 13.3. The van der Waals surface area contributed by atoms with Crippen molar-refractivity contribution in [2.75, 3.05) is 7.11 Å². The van der Waals surface area contributed by atoms with Gasteiger partial charge in [-0.1, -0.05) is 36.4 Å². The number of nitrogens with zero attached hydrogens (tertiary/aromatic N) is 1. The lowest BCUT2D eigenvalue weighted by molar-refractivity contribution is -0.137. The summed E-state index contributed by atoms with van der Waals surface area (Å²) in [7, 11) is 1.30. The van der Waals surface area contributed by atoms with E-state index in [9.17, 15) is 9.90 Å². The average molecular weight is 325 g/mol. The fraction of sp³-hybridized carbons (Fsp3) is 0.211. The van der Waals surface area contributed by atoms with Crippen molar-refractivity contribution in [2.45, 2.75) is 18.6 Å². The van der Waals surface area contributed by atoms with Gasteiger partial charge in [-0.15, -0.1) is 0 Å². The normalized spacial score (nSPS) is 20.4. The van der Waals surface area contributed by atoms with Crippen LogP contribution in [0.3, 0.4) is 0 Å². The summed E-state index contributed by atoms with van der Waals surface area (Å²) < 4.78 is 10.2. The standard InChI is InChI=1S/C19H19NO4/c1-23-19(22)16-13-20(12-14-6-3-2-4-7-14)10-9-15(18(16)21)17-8-5-11-24-17/h2-11,13,15,18,21H,12H2,1H3/t15-,18+/m1/s1. The molecule has 3 rings (SSSR count). The van der Waals surface area contributed by atoms with Crippen LogP contribution in [0.5, 0.6) is 0 Å². The number of methoxy groups -OCH3 is 1. The third-order valence-electron chi connectivity index (χ3n) is 3.95. The molecule has 0 radical (unpaired) electrons. The lowest BCUT2D eigenvalue weighted by atomic mass is 9.94. The molecule has 5 nitrogen and oxygen atoms in total. The first-order valence-electron chi connectivity index (χ1n) is 7.68. The molecule has 0 saturated carbocycles. The van der Waals surface area contributed by atoms with Crippen LogP contribution in [0.4, 0.5) is 0 Å². The van der Waals surface area contributed by atoms with Crippen molar-refractivity contribution in [3.05, 3.63) is 84.1 Å². The molecule has 1 aliphatic rings. The first-order valence-corrected chi connectivity index (χ1v) is 7.68. The molecule has 124 valence electrons. The van der Waals surface area contributed by atoms with Crippen LogP contribution >= 0.6 is 0 Å². The lowest BCUT2D eigenvalue weighted by Crippen LogP contribution is -2.25. The Kier molecular flexibility index (Phi) is 4.82. The van der Waals surface area contributed by atoms with Crippen molar-refractivity contribution in [2.24, 2.45) is 0 Å². The monoisotopic (exact) mass is 325 g/mol. The second-order valence-corrected chi connectivity index (χ2v) is 5.56. The predicted octanol–water partition coefficient (Wildman–Crippen LogP) is 2.81. The number of aliphatic hydroxyl groups excluding tert-OH is 1. The molecule has 0 unspecified atom stereocenters. The number of benzene rings is 1. The summed E-state index contributed by atoms with van der Waals surface area (Å²) in [5.74, 6) is -0.415. The molecule has 0 spiro atoms. The van der Waals surface area contributed by atoms with E-state index in [1.54, 1.807) is 24.6 Å². The summed E-state index contributed by atoms with van der Waals surface area (Å²) in [5.41, 5.74) is 1.29. The molecular formula is C19H19NO4. The van der Waals surface area contributed by atoms with E-state index < -0.39 is 18.0 Å². The van der Waals surface area contributed by atoms with Gasteiger partial charge < -0.3 is 19.2 Å². The molecule has 0 bridgehead atoms. The van der Waals surface area contributed by atoms with Crippen LogP contribution in [0.15, 0.2) is 77.2 Å². The number of ether oxygens (including phenoxy) is 1. The molecule has 2 aromatic rings. The Morgan fingerprint density at radius 3 is 2.71 bits per heavy atom. The van der Waals surface area contributed by atoms with Gasteiger partial charge in [0.05, 0.1) is 24.9 Å². The minimum Gasteiger partial charge on any atom is -0.469 e. The fourth-order valence-electron chi connectivity index (χ4n) is 2.72. The van der Waals surface area contributed by atoms with E-state index in [0.29, 0.717) is 12.3 Å². The van der Waals surface area contributed by atoms with Gasteiger partial charge >= 0.3 is 5.97 Å². The molecule has 2 heterocycles. The van der Waals surface area contributed by atoms with Crippen LogP contribution in [-0.2, 0) is 16.1 Å². The lowest BCUT2D eigenvalue weighted by Gasteiger charge is -2.18. The third-order valence-corrected chi connectivity index (χ3v) is 3.95. The Morgan fingerprint density at radius 1 is 1.25 bits per heavy atom. The molecule has 0 saturated heterocycles. The molecule has 1 N–H and O–H groups in total. The number of furan rings is 1. The fourth-order valence-corrected chi connectivity index (χ4v) is 2.72. The van der Waals surface area contributed by atoms with E-state index >= 15 is 0 Å². The topological polar surface area (TPSA) is 62.9 Å². The summed E-state index contributed by atoms with van der Waals surface area (Å²) in [6.45, 7) is 0.579. The molecule has 1 aromatic heterocycles. The van der Waals surface area contributed by atoms with Gasteiger partial charge in [-0.05, 0) is 17.7 Å². The zero-order chi connectivity index (χ0) is 16.9. The van der Waals surface area contributed by atoms with Crippen molar-refractivity contribution < 1.29 is 19.1 Å². The van der Waals surface area contributed by atoms with Crippen molar-refractivity contribution in [1.29, 1.82) is 0 Å². The Hall–Kier alpha value is -2.79. The van der Waals surface area contributed by atoms with Gasteiger partial charge in [-0.3, -0.25) is 0 Å². The Balaban J connectivity index is 1.93. The first-order chi connectivity index (χ1) is 11.7. The second kappa shape index (κ2) is 7.19. The smallest absolute Gasteiger partial charge is 0.337 e. The Labute approximate surface area is 140 Å². The number of rotatable bonds is 4. The van der Waals surface area contributed by atoms with E-state index in [0.717, 1.165) is 5.56 Å². The van der Waals surface area contributed by atoms with E-state index in [4.69, 9.17) is 9.15 Å². The maximum Gasteiger partial charge on any atom is 0.337 e. The maximum absolute atomic E-state index is 12.1. The molecule has 1 aromatic carbocycles. The predicted molar refractivity (Wildman–Crippen MR) is 88.7 cm³/mol. The Morgan fingerprint density at radius 2 is 2.04 bits per heavy atom. The molecule has 0 fully saturated rings. The summed E-state index contributed by atoms with van der Waals surface area (Å²) >= 11 is 0.